The van der Waals surface area contributed by atoms with E-state index < -0.39 is 0 Å². The highest BCUT2D eigenvalue weighted by atomic mass is 16.1. The molecule has 0 bridgehead atoms. The van der Waals surface area contributed by atoms with Crippen LogP contribution in [0.5, 0.6) is 0 Å². The van der Waals surface area contributed by atoms with Gasteiger partial charge in [0.05, 0.1) is 6.04 Å². The molecule has 0 N–H and O–H groups in total. The number of aliphatic imine (C=N–C) groups is 1. The van der Waals surface area contributed by atoms with Crippen molar-refractivity contribution in [3.8, 4) is 0 Å². The summed E-state index contributed by atoms with van der Waals surface area (Å²) in [7, 11) is 0. The Labute approximate surface area is 177 Å². The molecule has 0 aromatic rings. The molecule has 0 saturated carbocycles. The van der Waals surface area contributed by atoms with Crippen LogP contribution in [0, 0.1) is 16.2 Å². The van der Waals surface area contributed by atoms with Crippen molar-refractivity contribution >= 4 is 12.0 Å². The SMILES string of the molecule is C/C=N\C(C)C(C)(C)CC(C)(C)CC(=O)C(C)(CCCC)CCCCCCC. The molecule has 0 radical (unpaired) electrons. The van der Waals surface area contributed by atoms with E-state index in [2.05, 4.69) is 60.4 Å². The number of hydrogen-bond donors (Lipinski definition) is 0. The van der Waals surface area contributed by atoms with Crippen LogP contribution < -0.4 is 0 Å². The maximum atomic E-state index is 13.5. The van der Waals surface area contributed by atoms with E-state index in [9.17, 15) is 4.79 Å². The first-order valence-corrected chi connectivity index (χ1v) is 11.9. The standard InChI is InChI=1S/C26H51NO/c1-10-13-15-16-17-19-26(9,18-14-11-2)23(28)20-24(5,6)21-25(7,8)22(4)27-12-3/h12,22H,10-11,13-21H2,1-9H3/b27-12-. The van der Waals surface area contributed by atoms with Crippen molar-refractivity contribution in [1.82, 2.24) is 0 Å². The van der Waals surface area contributed by atoms with E-state index in [0.717, 1.165) is 25.7 Å². The molecule has 2 nitrogen and oxygen atoms in total. The fourth-order valence-electron chi connectivity index (χ4n) is 4.61. The Morgan fingerprint density at radius 3 is 1.96 bits per heavy atom. The van der Waals surface area contributed by atoms with Gasteiger partial charge in [-0.05, 0) is 50.2 Å². The quantitative estimate of drug-likeness (QED) is 0.191. The molecule has 0 heterocycles. The van der Waals surface area contributed by atoms with Gasteiger partial charge < -0.3 is 0 Å². The highest BCUT2D eigenvalue weighted by molar-refractivity contribution is 5.85. The van der Waals surface area contributed by atoms with Gasteiger partial charge in [-0.25, -0.2) is 0 Å². The van der Waals surface area contributed by atoms with Gasteiger partial charge in [0, 0.05) is 11.8 Å². The molecule has 2 heteroatoms. The van der Waals surface area contributed by atoms with Gasteiger partial charge in [0.25, 0.3) is 0 Å². The number of Topliss-reactive ketones (excluding diaryl/α,β-unsaturated/α-hetero) is 1. The number of ketones is 1. The Bertz CT molecular complexity index is 463. The van der Waals surface area contributed by atoms with Crippen LogP contribution in [0.4, 0.5) is 0 Å². The second-order valence-electron chi connectivity index (χ2n) is 10.8. The van der Waals surface area contributed by atoms with Crippen LogP contribution in [0.15, 0.2) is 4.99 Å². The Morgan fingerprint density at radius 2 is 1.43 bits per heavy atom. The average Bonchev–Trinajstić information content (AvgIpc) is 2.58. The van der Waals surface area contributed by atoms with Crippen LogP contribution in [-0.2, 0) is 4.79 Å². The van der Waals surface area contributed by atoms with E-state index in [4.69, 9.17) is 0 Å². The summed E-state index contributed by atoms with van der Waals surface area (Å²) in [5, 5.41) is 0. The highest BCUT2D eigenvalue weighted by Crippen LogP contribution is 2.43. The fourth-order valence-corrected chi connectivity index (χ4v) is 4.61. The Kier molecular flexibility index (Phi) is 12.5. The summed E-state index contributed by atoms with van der Waals surface area (Å²) in [5.41, 5.74) is -0.0408. The Balaban J connectivity index is 5.05. The molecule has 0 rings (SSSR count). The third-order valence-corrected chi connectivity index (χ3v) is 6.66. The maximum Gasteiger partial charge on any atom is 0.139 e. The molecule has 0 aliphatic heterocycles. The highest BCUT2D eigenvalue weighted by Gasteiger charge is 2.39. The molecule has 0 aliphatic carbocycles. The van der Waals surface area contributed by atoms with Crippen molar-refractivity contribution in [2.24, 2.45) is 21.2 Å². The van der Waals surface area contributed by atoms with Gasteiger partial charge in [0.1, 0.15) is 5.78 Å². The van der Waals surface area contributed by atoms with Crippen LogP contribution in [0.25, 0.3) is 0 Å². The van der Waals surface area contributed by atoms with Gasteiger partial charge in [-0.1, -0.05) is 93.4 Å². The van der Waals surface area contributed by atoms with E-state index in [1.165, 1.54) is 38.5 Å². The van der Waals surface area contributed by atoms with Crippen LogP contribution in [0.1, 0.15) is 133 Å². The predicted molar refractivity (Wildman–Crippen MR) is 126 cm³/mol. The fraction of sp³-hybridized carbons (Fsp3) is 0.923. The zero-order chi connectivity index (χ0) is 21.8. The van der Waals surface area contributed by atoms with Crippen LogP contribution >= 0.6 is 0 Å². The second kappa shape index (κ2) is 12.8. The van der Waals surface area contributed by atoms with Crippen LogP contribution in [-0.4, -0.2) is 18.0 Å². The third kappa shape index (κ3) is 10.2. The lowest BCUT2D eigenvalue weighted by Crippen LogP contribution is -2.36. The van der Waals surface area contributed by atoms with E-state index in [1.54, 1.807) is 0 Å². The number of unbranched alkanes of at least 4 members (excludes halogenated alkanes) is 5. The molecule has 2 unspecified atom stereocenters. The van der Waals surface area contributed by atoms with Crippen molar-refractivity contribution in [3.63, 3.8) is 0 Å². The summed E-state index contributed by atoms with van der Waals surface area (Å²) in [5.74, 6) is 0.490. The van der Waals surface area contributed by atoms with Gasteiger partial charge >= 0.3 is 0 Å². The number of carbonyl (C=O) groups is 1. The minimum Gasteiger partial charge on any atom is -0.299 e. The molecule has 166 valence electrons. The molecule has 0 spiro atoms. The van der Waals surface area contributed by atoms with E-state index in [0.29, 0.717) is 12.2 Å². The minimum atomic E-state index is -0.142. The lowest BCUT2D eigenvalue weighted by atomic mass is 9.66. The van der Waals surface area contributed by atoms with Gasteiger partial charge in [-0.15, -0.1) is 0 Å². The molecule has 28 heavy (non-hydrogen) atoms. The van der Waals surface area contributed by atoms with Crippen molar-refractivity contribution in [3.05, 3.63) is 0 Å². The van der Waals surface area contributed by atoms with Crippen molar-refractivity contribution in [1.29, 1.82) is 0 Å². The second-order valence-corrected chi connectivity index (χ2v) is 10.8. The van der Waals surface area contributed by atoms with Gasteiger partial charge in [-0.3, -0.25) is 9.79 Å². The molecular weight excluding hydrogens is 342 g/mol. The summed E-state index contributed by atoms with van der Waals surface area (Å²) < 4.78 is 0. The predicted octanol–water partition coefficient (Wildman–Crippen LogP) is 8.42. The van der Waals surface area contributed by atoms with Gasteiger partial charge in [0.15, 0.2) is 0 Å². The minimum absolute atomic E-state index is 0.00773. The summed E-state index contributed by atoms with van der Waals surface area (Å²) in [4.78, 5) is 18.1. The van der Waals surface area contributed by atoms with Crippen molar-refractivity contribution in [2.75, 3.05) is 0 Å². The van der Waals surface area contributed by atoms with Crippen LogP contribution in [0.2, 0.25) is 0 Å². The summed E-state index contributed by atoms with van der Waals surface area (Å²) in [6, 6.07) is 0.275. The lowest BCUT2D eigenvalue weighted by Gasteiger charge is -2.39. The first-order chi connectivity index (χ1) is 12.9. The third-order valence-electron chi connectivity index (χ3n) is 6.66. The van der Waals surface area contributed by atoms with Gasteiger partial charge in [0.2, 0.25) is 0 Å². The molecule has 0 aromatic carbocycles. The summed E-state index contributed by atoms with van der Waals surface area (Å²) >= 11 is 0. The smallest absolute Gasteiger partial charge is 0.139 e. The maximum absolute atomic E-state index is 13.5. The van der Waals surface area contributed by atoms with E-state index in [1.807, 2.05) is 13.1 Å². The molecular formula is C26H51NO. The Hall–Kier alpha value is -0.660. The monoisotopic (exact) mass is 393 g/mol. The van der Waals surface area contributed by atoms with E-state index >= 15 is 0 Å². The van der Waals surface area contributed by atoms with Crippen molar-refractivity contribution in [2.45, 2.75) is 139 Å². The first kappa shape index (κ1) is 27.3. The van der Waals surface area contributed by atoms with Gasteiger partial charge in [-0.2, -0.15) is 0 Å². The largest absolute Gasteiger partial charge is 0.299 e. The molecule has 2 atom stereocenters. The number of nitrogens with zero attached hydrogens (tertiary/aromatic N) is 1. The first-order valence-electron chi connectivity index (χ1n) is 11.9. The van der Waals surface area contributed by atoms with Crippen LogP contribution in [0.3, 0.4) is 0 Å². The zero-order valence-corrected chi connectivity index (χ0v) is 20.8. The number of rotatable bonds is 16. The molecule has 0 amide bonds. The average molecular weight is 394 g/mol. The molecule has 0 fully saturated rings. The number of carbonyl (C=O) groups excluding carboxylic acids is 1. The topological polar surface area (TPSA) is 29.4 Å². The van der Waals surface area contributed by atoms with E-state index in [-0.39, 0.29) is 22.3 Å². The summed E-state index contributed by atoms with van der Waals surface area (Å²) in [6.07, 6.45) is 14.4. The molecule has 0 aromatic heterocycles. The molecule has 0 aliphatic rings. The van der Waals surface area contributed by atoms with Crippen molar-refractivity contribution < 1.29 is 4.79 Å². The summed E-state index contributed by atoms with van der Waals surface area (Å²) in [6.45, 7) is 20.0. The lowest BCUT2D eigenvalue weighted by molar-refractivity contribution is -0.131. The molecule has 0 saturated heterocycles. The number of hydrogen-bond acceptors (Lipinski definition) is 2. The normalized spacial score (nSPS) is 16.3. The Morgan fingerprint density at radius 1 is 0.893 bits per heavy atom. The zero-order valence-electron chi connectivity index (χ0n) is 20.8.